The lowest BCUT2D eigenvalue weighted by Gasteiger charge is -2.26. The van der Waals surface area contributed by atoms with Gasteiger partial charge in [-0.1, -0.05) is 6.07 Å². The molecule has 2 aliphatic rings. The number of ketones is 1. The van der Waals surface area contributed by atoms with E-state index in [1.165, 1.54) is 12.0 Å². The van der Waals surface area contributed by atoms with E-state index in [1.54, 1.807) is 42.9 Å². The maximum Gasteiger partial charge on any atom is 0.295 e. The molecular formula is C29H31N3O6. The van der Waals surface area contributed by atoms with E-state index in [-0.39, 0.29) is 17.4 Å². The van der Waals surface area contributed by atoms with Crippen molar-refractivity contribution in [1.29, 1.82) is 0 Å². The highest BCUT2D eigenvalue weighted by molar-refractivity contribution is 6.46. The first-order valence-electron chi connectivity index (χ1n) is 12.8. The van der Waals surface area contributed by atoms with Gasteiger partial charge in [-0.05, 0) is 61.7 Å². The average molecular weight is 518 g/mol. The standard InChI is InChI=1S/C29H31N3O6/c1-4-37-23-9-6-19(16-24(23)36-3)26-25(27(33)20-7-8-22-21(15-20)14-18(2)38-22)28(34)29(35)32(26)12-5-11-31-13-10-30-17-31/h6-10,13,15-18,26,33H,4-5,11-12,14H2,1-3H3/t18-,26-/m1/s1. The number of methoxy groups -OCH3 is 1. The third-order valence-corrected chi connectivity index (χ3v) is 6.89. The Morgan fingerprint density at radius 2 is 2.00 bits per heavy atom. The molecule has 3 heterocycles. The number of benzene rings is 2. The molecule has 38 heavy (non-hydrogen) atoms. The smallest absolute Gasteiger partial charge is 0.295 e. The Morgan fingerprint density at radius 1 is 1.16 bits per heavy atom. The topological polar surface area (TPSA) is 103 Å². The Hall–Kier alpha value is -4.27. The van der Waals surface area contributed by atoms with Crippen LogP contribution in [-0.4, -0.2) is 57.6 Å². The van der Waals surface area contributed by atoms with Gasteiger partial charge >= 0.3 is 0 Å². The Bertz CT molecular complexity index is 1380. The minimum atomic E-state index is -0.786. The van der Waals surface area contributed by atoms with Gasteiger partial charge in [-0.25, -0.2) is 4.98 Å². The van der Waals surface area contributed by atoms with Crippen LogP contribution in [0.2, 0.25) is 0 Å². The Labute approximate surface area is 221 Å². The van der Waals surface area contributed by atoms with Crippen LogP contribution in [0.5, 0.6) is 17.2 Å². The number of rotatable bonds is 9. The van der Waals surface area contributed by atoms with Crippen LogP contribution >= 0.6 is 0 Å². The van der Waals surface area contributed by atoms with Gasteiger partial charge < -0.3 is 28.8 Å². The minimum absolute atomic E-state index is 0.0415. The summed E-state index contributed by atoms with van der Waals surface area (Å²) in [5.74, 6) is 0.240. The summed E-state index contributed by atoms with van der Waals surface area (Å²) in [7, 11) is 1.54. The first kappa shape index (κ1) is 25.4. The number of carbonyl (C=O) groups excluding carboxylic acids is 2. The summed E-state index contributed by atoms with van der Waals surface area (Å²) in [6.45, 7) is 5.27. The molecule has 2 atom stereocenters. The highest BCUT2D eigenvalue weighted by atomic mass is 16.5. The van der Waals surface area contributed by atoms with E-state index in [4.69, 9.17) is 14.2 Å². The van der Waals surface area contributed by atoms with Crippen molar-refractivity contribution >= 4 is 17.4 Å². The zero-order chi connectivity index (χ0) is 26.8. The molecule has 5 rings (SSSR count). The number of nitrogens with zero attached hydrogens (tertiary/aromatic N) is 3. The molecule has 0 radical (unpaired) electrons. The molecule has 9 heteroatoms. The summed E-state index contributed by atoms with van der Waals surface area (Å²) in [4.78, 5) is 32.3. The van der Waals surface area contributed by atoms with Gasteiger partial charge in [0.1, 0.15) is 17.6 Å². The van der Waals surface area contributed by atoms with Crippen molar-refractivity contribution in [3.8, 4) is 17.2 Å². The highest BCUT2D eigenvalue weighted by Gasteiger charge is 2.46. The number of aryl methyl sites for hydroxylation is 1. The van der Waals surface area contributed by atoms with Crippen LogP contribution in [0.3, 0.4) is 0 Å². The number of aliphatic hydroxyl groups excluding tert-OH is 1. The molecule has 1 fully saturated rings. The van der Waals surface area contributed by atoms with Crippen molar-refractivity contribution in [1.82, 2.24) is 14.5 Å². The summed E-state index contributed by atoms with van der Waals surface area (Å²) < 4.78 is 18.9. The van der Waals surface area contributed by atoms with E-state index in [9.17, 15) is 14.7 Å². The maximum absolute atomic E-state index is 13.4. The zero-order valence-corrected chi connectivity index (χ0v) is 21.7. The fourth-order valence-corrected chi connectivity index (χ4v) is 5.15. The number of hydrogen-bond acceptors (Lipinski definition) is 7. The van der Waals surface area contributed by atoms with Crippen LogP contribution in [0.4, 0.5) is 0 Å². The number of hydrogen-bond donors (Lipinski definition) is 1. The summed E-state index contributed by atoms with van der Waals surface area (Å²) in [5, 5.41) is 11.5. The summed E-state index contributed by atoms with van der Waals surface area (Å²) in [5.41, 5.74) is 2.12. The van der Waals surface area contributed by atoms with Crippen molar-refractivity contribution < 1.29 is 28.9 Å². The monoisotopic (exact) mass is 517 g/mol. The number of amides is 1. The van der Waals surface area contributed by atoms with Crippen molar-refractivity contribution in [2.75, 3.05) is 20.3 Å². The van der Waals surface area contributed by atoms with Gasteiger partial charge in [0.2, 0.25) is 0 Å². The molecular weight excluding hydrogens is 486 g/mol. The van der Waals surface area contributed by atoms with Crippen LogP contribution in [0.1, 0.15) is 43.0 Å². The lowest BCUT2D eigenvalue weighted by molar-refractivity contribution is -0.139. The third kappa shape index (κ3) is 4.71. The van der Waals surface area contributed by atoms with Crippen molar-refractivity contribution in [3.63, 3.8) is 0 Å². The van der Waals surface area contributed by atoms with Crippen molar-refractivity contribution in [2.24, 2.45) is 0 Å². The van der Waals surface area contributed by atoms with Gasteiger partial charge in [0.15, 0.2) is 11.5 Å². The van der Waals surface area contributed by atoms with E-state index < -0.39 is 17.7 Å². The second kappa shape index (κ2) is 10.6. The molecule has 2 aliphatic heterocycles. The summed E-state index contributed by atoms with van der Waals surface area (Å²) in [6.07, 6.45) is 6.60. The number of ether oxygens (including phenoxy) is 3. The van der Waals surface area contributed by atoms with Gasteiger partial charge in [0, 0.05) is 37.5 Å². The molecule has 198 valence electrons. The lowest BCUT2D eigenvalue weighted by atomic mass is 9.94. The normalized spacial score (nSPS) is 19.9. The van der Waals surface area contributed by atoms with E-state index in [0.717, 1.165) is 11.3 Å². The Balaban J connectivity index is 1.56. The zero-order valence-electron chi connectivity index (χ0n) is 21.7. The summed E-state index contributed by atoms with van der Waals surface area (Å²) in [6, 6.07) is 9.88. The number of aliphatic hydroxyl groups is 1. The van der Waals surface area contributed by atoms with E-state index in [1.807, 2.05) is 30.7 Å². The third-order valence-electron chi connectivity index (χ3n) is 6.89. The molecule has 1 N–H and O–H groups in total. The largest absolute Gasteiger partial charge is 0.507 e. The predicted molar refractivity (Wildman–Crippen MR) is 140 cm³/mol. The fourth-order valence-electron chi connectivity index (χ4n) is 5.15. The molecule has 3 aromatic rings. The first-order chi connectivity index (χ1) is 18.4. The van der Waals surface area contributed by atoms with Crippen LogP contribution in [-0.2, 0) is 22.6 Å². The Kier molecular flexibility index (Phi) is 7.09. The van der Waals surface area contributed by atoms with E-state index in [0.29, 0.717) is 55.2 Å². The second-order valence-electron chi connectivity index (χ2n) is 9.44. The second-order valence-corrected chi connectivity index (χ2v) is 9.44. The van der Waals surface area contributed by atoms with Gasteiger partial charge in [-0.15, -0.1) is 0 Å². The van der Waals surface area contributed by atoms with Crippen molar-refractivity contribution in [2.45, 2.75) is 45.4 Å². The minimum Gasteiger partial charge on any atom is -0.507 e. The highest BCUT2D eigenvalue weighted by Crippen LogP contribution is 2.42. The van der Waals surface area contributed by atoms with Gasteiger partial charge in [0.05, 0.1) is 31.7 Å². The number of carbonyl (C=O) groups is 2. The van der Waals surface area contributed by atoms with Crippen LogP contribution in [0, 0.1) is 0 Å². The molecule has 1 saturated heterocycles. The van der Waals surface area contributed by atoms with E-state index in [2.05, 4.69) is 4.98 Å². The number of Topliss-reactive ketones (excluding diaryl/α,β-unsaturated/α-hetero) is 1. The molecule has 1 aromatic heterocycles. The van der Waals surface area contributed by atoms with Crippen LogP contribution in [0.25, 0.3) is 5.76 Å². The lowest BCUT2D eigenvalue weighted by Crippen LogP contribution is -2.31. The quantitative estimate of drug-likeness (QED) is 0.259. The molecule has 2 aromatic carbocycles. The van der Waals surface area contributed by atoms with Crippen LogP contribution < -0.4 is 14.2 Å². The number of likely N-dealkylation sites (tertiary alicyclic amines) is 1. The van der Waals surface area contributed by atoms with Gasteiger partial charge in [-0.2, -0.15) is 0 Å². The predicted octanol–water partition coefficient (Wildman–Crippen LogP) is 4.13. The molecule has 9 nitrogen and oxygen atoms in total. The number of imidazole rings is 1. The molecule has 0 unspecified atom stereocenters. The fraction of sp³-hybridized carbons (Fsp3) is 0.345. The molecule has 0 bridgehead atoms. The van der Waals surface area contributed by atoms with Crippen LogP contribution in [0.15, 0.2) is 60.7 Å². The number of aromatic nitrogens is 2. The average Bonchev–Trinajstić information content (AvgIpc) is 3.62. The molecule has 0 spiro atoms. The maximum atomic E-state index is 13.4. The van der Waals surface area contributed by atoms with Gasteiger partial charge in [-0.3, -0.25) is 9.59 Å². The van der Waals surface area contributed by atoms with Crippen molar-refractivity contribution in [3.05, 3.63) is 77.4 Å². The van der Waals surface area contributed by atoms with Gasteiger partial charge in [0.25, 0.3) is 11.7 Å². The molecule has 0 saturated carbocycles. The summed E-state index contributed by atoms with van der Waals surface area (Å²) >= 11 is 0. The van der Waals surface area contributed by atoms with E-state index >= 15 is 0 Å². The number of fused-ring (bicyclic) bond motifs is 1. The Morgan fingerprint density at radius 3 is 2.74 bits per heavy atom. The first-order valence-corrected chi connectivity index (χ1v) is 12.8. The molecule has 0 aliphatic carbocycles. The molecule has 1 amide bonds. The SMILES string of the molecule is CCOc1ccc([C@@H]2C(=C(O)c3ccc4c(c3)C[C@@H](C)O4)C(=O)C(=O)N2CCCn2ccnc2)cc1OC.